The molecule has 0 atom stereocenters. The maximum Gasteiger partial charge on any atom is -0.0178 e. The first-order valence-corrected chi connectivity index (χ1v) is 6.57. The minimum Gasteiger partial charge on any atom is -0.0871 e. The standard InChI is InChI=1S/C18H20/c1-4-7-16-13-18(11-10-15(16)5-2)17-9-6-8-14(3)12-17/h4,6-13H,5H2,1-3H3/b7-4-. The van der Waals surface area contributed by atoms with E-state index in [2.05, 4.69) is 75.4 Å². The fourth-order valence-corrected chi connectivity index (χ4v) is 2.26. The third kappa shape index (κ3) is 2.70. The lowest BCUT2D eigenvalue weighted by Gasteiger charge is -2.08. The van der Waals surface area contributed by atoms with Gasteiger partial charge in [-0.2, -0.15) is 0 Å². The van der Waals surface area contributed by atoms with Gasteiger partial charge in [0.25, 0.3) is 0 Å². The summed E-state index contributed by atoms with van der Waals surface area (Å²) >= 11 is 0. The van der Waals surface area contributed by atoms with E-state index in [9.17, 15) is 0 Å². The Balaban J connectivity index is 2.49. The maximum atomic E-state index is 2.29. The Bertz CT molecular complexity index is 562. The number of aryl methyl sites for hydroxylation is 2. The molecule has 0 fully saturated rings. The molecular weight excluding hydrogens is 216 g/mol. The molecule has 0 spiro atoms. The van der Waals surface area contributed by atoms with Crippen molar-refractivity contribution in [1.82, 2.24) is 0 Å². The third-order valence-electron chi connectivity index (χ3n) is 3.22. The number of hydrogen-bond donors (Lipinski definition) is 0. The minimum atomic E-state index is 1.08. The molecule has 0 aliphatic rings. The average Bonchev–Trinajstić information content (AvgIpc) is 2.39. The van der Waals surface area contributed by atoms with E-state index < -0.39 is 0 Å². The summed E-state index contributed by atoms with van der Waals surface area (Å²) in [4.78, 5) is 0. The van der Waals surface area contributed by atoms with Gasteiger partial charge in [0, 0.05) is 0 Å². The van der Waals surface area contributed by atoms with E-state index in [0.717, 1.165) is 6.42 Å². The van der Waals surface area contributed by atoms with E-state index in [1.807, 2.05) is 0 Å². The van der Waals surface area contributed by atoms with E-state index in [4.69, 9.17) is 0 Å². The highest BCUT2D eigenvalue weighted by Gasteiger charge is 2.02. The summed E-state index contributed by atoms with van der Waals surface area (Å²) in [6, 6.07) is 15.4. The maximum absolute atomic E-state index is 2.29. The number of rotatable bonds is 3. The first kappa shape index (κ1) is 12.6. The van der Waals surface area contributed by atoms with Crippen molar-refractivity contribution in [2.75, 3.05) is 0 Å². The second-order valence-electron chi connectivity index (χ2n) is 4.64. The lowest BCUT2D eigenvalue weighted by atomic mass is 9.97. The first-order valence-electron chi connectivity index (χ1n) is 6.57. The Labute approximate surface area is 110 Å². The van der Waals surface area contributed by atoms with Crippen molar-refractivity contribution >= 4 is 6.08 Å². The summed E-state index contributed by atoms with van der Waals surface area (Å²) < 4.78 is 0. The fraction of sp³-hybridized carbons (Fsp3) is 0.222. The molecule has 0 amide bonds. The first-order chi connectivity index (χ1) is 8.74. The van der Waals surface area contributed by atoms with E-state index >= 15 is 0 Å². The molecule has 0 heterocycles. The van der Waals surface area contributed by atoms with E-state index in [-0.39, 0.29) is 0 Å². The zero-order valence-electron chi connectivity index (χ0n) is 11.4. The Morgan fingerprint density at radius 3 is 2.44 bits per heavy atom. The van der Waals surface area contributed by atoms with Gasteiger partial charge in [0.1, 0.15) is 0 Å². The highest BCUT2D eigenvalue weighted by atomic mass is 14.1. The van der Waals surface area contributed by atoms with Gasteiger partial charge in [0.2, 0.25) is 0 Å². The highest BCUT2D eigenvalue weighted by molar-refractivity contribution is 5.69. The van der Waals surface area contributed by atoms with Gasteiger partial charge in [0.15, 0.2) is 0 Å². The average molecular weight is 236 g/mol. The van der Waals surface area contributed by atoms with Crippen molar-refractivity contribution < 1.29 is 0 Å². The predicted octanol–water partition coefficient (Wildman–Crippen LogP) is 5.26. The molecule has 0 aliphatic heterocycles. The van der Waals surface area contributed by atoms with Gasteiger partial charge in [-0.3, -0.25) is 0 Å². The summed E-state index contributed by atoms with van der Waals surface area (Å²) in [5.41, 5.74) is 6.63. The molecule has 2 aromatic carbocycles. The van der Waals surface area contributed by atoms with Gasteiger partial charge in [-0.25, -0.2) is 0 Å². The van der Waals surface area contributed by atoms with Crippen molar-refractivity contribution in [2.24, 2.45) is 0 Å². The Morgan fingerprint density at radius 1 is 1.00 bits per heavy atom. The Morgan fingerprint density at radius 2 is 1.78 bits per heavy atom. The molecule has 18 heavy (non-hydrogen) atoms. The van der Waals surface area contributed by atoms with Crippen molar-refractivity contribution in [1.29, 1.82) is 0 Å². The van der Waals surface area contributed by atoms with Gasteiger partial charge in [-0.15, -0.1) is 0 Å². The van der Waals surface area contributed by atoms with E-state index in [0.29, 0.717) is 0 Å². The van der Waals surface area contributed by atoms with Crippen molar-refractivity contribution in [3.8, 4) is 11.1 Å². The topological polar surface area (TPSA) is 0 Å². The molecule has 0 bridgehead atoms. The molecule has 2 aromatic rings. The van der Waals surface area contributed by atoms with Crippen LogP contribution in [-0.4, -0.2) is 0 Å². The number of hydrogen-bond acceptors (Lipinski definition) is 0. The summed E-state index contributed by atoms with van der Waals surface area (Å²) in [6.45, 7) is 6.41. The molecule has 0 aromatic heterocycles. The van der Waals surface area contributed by atoms with Gasteiger partial charge < -0.3 is 0 Å². The van der Waals surface area contributed by atoms with Gasteiger partial charge in [-0.1, -0.05) is 61.0 Å². The summed E-state index contributed by atoms with van der Waals surface area (Å²) in [5, 5.41) is 0. The minimum absolute atomic E-state index is 1.08. The van der Waals surface area contributed by atoms with Crippen LogP contribution in [0.3, 0.4) is 0 Å². The number of benzene rings is 2. The lowest BCUT2D eigenvalue weighted by Crippen LogP contribution is -1.88. The molecule has 0 saturated heterocycles. The molecule has 0 N–H and O–H groups in total. The second-order valence-corrected chi connectivity index (χ2v) is 4.64. The Kier molecular flexibility index (Phi) is 3.99. The molecule has 0 heteroatoms. The molecule has 2 rings (SSSR count). The molecule has 0 aliphatic carbocycles. The second kappa shape index (κ2) is 5.68. The van der Waals surface area contributed by atoms with Crippen molar-refractivity contribution in [2.45, 2.75) is 27.2 Å². The summed E-state index contributed by atoms with van der Waals surface area (Å²) in [7, 11) is 0. The largest absolute Gasteiger partial charge is 0.0871 e. The molecule has 92 valence electrons. The normalized spacial score (nSPS) is 11.1. The van der Waals surface area contributed by atoms with Crippen LogP contribution >= 0.6 is 0 Å². The molecule has 0 unspecified atom stereocenters. The third-order valence-corrected chi connectivity index (χ3v) is 3.22. The van der Waals surface area contributed by atoms with Gasteiger partial charge in [0.05, 0.1) is 0 Å². The van der Waals surface area contributed by atoms with Crippen LogP contribution in [0, 0.1) is 6.92 Å². The monoisotopic (exact) mass is 236 g/mol. The van der Waals surface area contributed by atoms with Crippen LogP contribution in [0.4, 0.5) is 0 Å². The highest BCUT2D eigenvalue weighted by Crippen LogP contribution is 2.24. The SMILES string of the molecule is C/C=C\c1cc(-c2cccc(C)c2)ccc1CC. The van der Waals surface area contributed by atoms with Crippen LogP contribution in [0.5, 0.6) is 0 Å². The Hall–Kier alpha value is -1.82. The summed E-state index contributed by atoms with van der Waals surface area (Å²) in [6.07, 6.45) is 5.38. The molecule has 0 nitrogen and oxygen atoms in total. The van der Waals surface area contributed by atoms with Crippen LogP contribution in [0.25, 0.3) is 17.2 Å². The van der Waals surface area contributed by atoms with Crippen molar-refractivity contribution in [3.63, 3.8) is 0 Å². The smallest absolute Gasteiger partial charge is 0.0178 e. The molecule has 0 saturated carbocycles. The van der Waals surface area contributed by atoms with Gasteiger partial charge in [-0.05, 0) is 48.6 Å². The van der Waals surface area contributed by atoms with E-state index in [1.54, 1.807) is 0 Å². The van der Waals surface area contributed by atoms with Gasteiger partial charge >= 0.3 is 0 Å². The molecule has 0 radical (unpaired) electrons. The van der Waals surface area contributed by atoms with Crippen LogP contribution in [0.15, 0.2) is 48.5 Å². The van der Waals surface area contributed by atoms with Crippen molar-refractivity contribution in [3.05, 3.63) is 65.2 Å². The summed E-state index contributed by atoms with van der Waals surface area (Å²) in [5.74, 6) is 0. The van der Waals surface area contributed by atoms with Crippen LogP contribution in [0.1, 0.15) is 30.5 Å². The quantitative estimate of drug-likeness (QED) is 0.682. The lowest BCUT2D eigenvalue weighted by molar-refractivity contribution is 1.13. The number of allylic oxidation sites excluding steroid dienone is 1. The zero-order valence-corrected chi connectivity index (χ0v) is 11.4. The fourth-order valence-electron chi connectivity index (χ4n) is 2.26. The predicted molar refractivity (Wildman–Crippen MR) is 80.7 cm³/mol. The van der Waals surface area contributed by atoms with Crippen LogP contribution in [0.2, 0.25) is 0 Å². The molecular formula is C18H20. The zero-order chi connectivity index (χ0) is 13.0. The van der Waals surface area contributed by atoms with Crippen LogP contribution in [-0.2, 0) is 6.42 Å². The van der Waals surface area contributed by atoms with Crippen LogP contribution < -0.4 is 0 Å². The van der Waals surface area contributed by atoms with E-state index in [1.165, 1.54) is 27.8 Å².